The molecule has 1 aliphatic heterocycles. The molecule has 2 atom stereocenters. The van der Waals surface area contributed by atoms with Gasteiger partial charge in [-0.1, -0.05) is 41.9 Å². The fourth-order valence-corrected chi connectivity index (χ4v) is 3.13. The maximum absolute atomic E-state index is 6.31. The minimum Gasteiger partial charge on any atom is -0.399 e. The molecular weight excluding hydrogens is 331 g/mol. The molecule has 0 spiro atoms. The van der Waals surface area contributed by atoms with E-state index in [9.17, 15) is 0 Å². The number of ether oxygens (including phenoxy) is 1. The summed E-state index contributed by atoms with van der Waals surface area (Å²) in [6, 6.07) is 16.4. The number of nitrogens with two attached hydrogens (primary N) is 1. The van der Waals surface area contributed by atoms with Crippen molar-refractivity contribution in [2.75, 3.05) is 18.9 Å². The van der Waals surface area contributed by atoms with Crippen LogP contribution in [0.15, 0.2) is 48.5 Å². The lowest BCUT2D eigenvalue weighted by atomic mass is 10.0. The van der Waals surface area contributed by atoms with Crippen LogP contribution in [0, 0.1) is 0 Å². The van der Waals surface area contributed by atoms with Gasteiger partial charge in [0.1, 0.15) is 0 Å². The average Bonchev–Trinajstić information content (AvgIpc) is 2.50. The van der Waals surface area contributed by atoms with Crippen molar-refractivity contribution in [3.63, 3.8) is 0 Å². The van der Waals surface area contributed by atoms with Crippen molar-refractivity contribution in [3.8, 4) is 0 Å². The second kappa shape index (κ2) is 8.02. The van der Waals surface area contributed by atoms with E-state index in [1.807, 2.05) is 42.5 Å². The van der Waals surface area contributed by atoms with Gasteiger partial charge in [0.2, 0.25) is 0 Å². The summed E-state index contributed by atoms with van der Waals surface area (Å²) in [5.41, 5.74) is 8.97. The molecule has 3 nitrogen and oxygen atoms in total. The van der Waals surface area contributed by atoms with Gasteiger partial charge in [0.15, 0.2) is 0 Å². The SMILES string of the molecule is CC1COC(c2ccccc2Cl)CN1Cc1cccc(N)c1.Cl. The van der Waals surface area contributed by atoms with Crippen LogP contribution < -0.4 is 5.73 Å². The Morgan fingerprint density at radius 2 is 2.00 bits per heavy atom. The Morgan fingerprint density at radius 1 is 1.22 bits per heavy atom. The van der Waals surface area contributed by atoms with E-state index in [0.29, 0.717) is 12.6 Å². The maximum Gasteiger partial charge on any atom is 0.0967 e. The second-order valence-electron chi connectivity index (χ2n) is 5.87. The highest BCUT2D eigenvalue weighted by molar-refractivity contribution is 6.31. The Hall–Kier alpha value is -1.26. The van der Waals surface area contributed by atoms with Crippen LogP contribution in [0.1, 0.15) is 24.2 Å². The molecule has 2 aromatic carbocycles. The second-order valence-corrected chi connectivity index (χ2v) is 6.27. The van der Waals surface area contributed by atoms with E-state index < -0.39 is 0 Å². The van der Waals surface area contributed by atoms with Crippen LogP contribution in [0.5, 0.6) is 0 Å². The van der Waals surface area contributed by atoms with Crippen molar-refractivity contribution in [1.82, 2.24) is 4.90 Å². The number of hydrogen-bond acceptors (Lipinski definition) is 3. The molecule has 0 amide bonds. The van der Waals surface area contributed by atoms with Gasteiger partial charge in [0.05, 0.1) is 12.7 Å². The Labute approximate surface area is 148 Å². The third kappa shape index (κ3) is 4.39. The number of benzene rings is 2. The van der Waals surface area contributed by atoms with E-state index in [4.69, 9.17) is 22.1 Å². The first-order valence-corrected chi connectivity index (χ1v) is 7.96. The lowest BCUT2D eigenvalue weighted by Gasteiger charge is -2.38. The first-order valence-electron chi connectivity index (χ1n) is 7.58. The first-order chi connectivity index (χ1) is 10.6. The van der Waals surface area contributed by atoms with E-state index in [1.165, 1.54) is 5.56 Å². The van der Waals surface area contributed by atoms with Gasteiger partial charge >= 0.3 is 0 Å². The Bertz CT molecular complexity index is 650. The largest absolute Gasteiger partial charge is 0.399 e. The van der Waals surface area contributed by atoms with Crippen molar-refractivity contribution in [2.24, 2.45) is 0 Å². The quantitative estimate of drug-likeness (QED) is 0.836. The molecule has 5 heteroatoms. The maximum atomic E-state index is 6.31. The lowest BCUT2D eigenvalue weighted by molar-refractivity contribution is -0.0632. The summed E-state index contributed by atoms with van der Waals surface area (Å²) >= 11 is 6.31. The third-order valence-corrected chi connectivity index (χ3v) is 4.50. The summed E-state index contributed by atoms with van der Waals surface area (Å²) in [4.78, 5) is 2.42. The van der Waals surface area contributed by atoms with E-state index in [2.05, 4.69) is 17.9 Å². The zero-order valence-corrected chi connectivity index (χ0v) is 14.7. The molecule has 1 heterocycles. The van der Waals surface area contributed by atoms with Crippen molar-refractivity contribution >= 4 is 29.7 Å². The molecule has 0 radical (unpaired) electrons. The zero-order valence-electron chi connectivity index (χ0n) is 13.1. The van der Waals surface area contributed by atoms with Crippen LogP contribution in [0.4, 0.5) is 5.69 Å². The van der Waals surface area contributed by atoms with Gasteiger partial charge in [-0.05, 0) is 30.7 Å². The fourth-order valence-electron chi connectivity index (χ4n) is 2.88. The van der Waals surface area contributed by atoms with Crippen LogP contribution in [-0.4, -0.2) is 24.1 Å². The highest BCUT2D eigenvalue weighted by Gasteiger charge is 2.28. The minimum atomic E-state index is 0. The van der Waals surface area contributed by atoms with E-state index in [-0.39, 0.29) is 18.5 Å². The normalized spacial score (nSPS) is 21.7. The molecule has 1 fully saturated rings. The van der Waals surface area contributed by atoms with Gasteiger partial charge < -0.3 is 10.5 Å². The molecule has 0 aromatic heterocycles. The summed E-state index contributed by atoms with van der Waals surface area (Å²) in [5, 5.41) is 0.769. The molecule has 1 aliphatic rings. The van der Waals surface area contributed by atoms with Crippen molar-refractivity contribution in [2.45, 2.75) is 25.6 Å². The van der Waals surface area contributed by atoms with Gasteiger partial charge in [0, 0.05) is 35.4 Å². The number of halogens is 2. The van der Waals surface area contributed by atoms with Crippen molar-refractivity contribution < 1.29 is 4.74 Å². The summed E-state index contributed by atoms with van der Waals surface area (Å²) in [6.07, 6.45) is 0.0194. The van der Waals surface area contributed by atoms with Crippen LogP contribution in [-0.2, 0) is 11.3 Å². The van der Waals surface area contributed by atoms with Crippen LogP contribution >= 0.6 is 24.0 Å². The molecule has 124 valence electrons. The molecule has 0 bridgehead atoms. The predicted octanol–water partition coefficient (Wildman–Crippen LogP) is 4.31. The third-order valence-electron chi connectivity index (χ3n) is 4.15. The highest BCUT2D eigenvalue weighted by Crippen LogP contribution is 2.30. The highest BCUT2D eigenvalue weighted by atomic mass is 35.5. The number of nitrogen functional groups attached to an aromatic ring is 1. The van der Waals surface area contributed by atoms with Crippen molar-refractivity contribution in [3.05, 3.63) is 64.7 Å². The van der Waals surface area contributed by atoms with Crippen LogP contribution in [0.3, 0.4) is 0 Å². The molecule has 2 N–H and O–H groups in total. The Kier molecular flexibility index (Phi) is 6.31. The van der Waals surface area contributed by atoms with Gasteiger partial charge in [-0.25, -0.2) is 0 Å². The van der Waals surface area contributed by atoms with Crippen LogP contribution in [0.2, 0.25) is 5.02 Å². The fraction of sp³-hybridized carbons (Fsp3) is 0.333. The van der Waals surface area contributed by atoms with Gasteiger partial charge in [0.25, 0.3) is 0 Å². The molecular formula is C18H22Cl2N2O. The van der Waals surface area contributed by atoms with E-state index >= 15 is 0 Å². The Morgan fingerprint density at radius 3 is 2.74 bits per heavy atom. The zero-order chi connectivity index (χ0) is 15.5. The topological polar surface area (TPSA) is 38.5 Å². The summed E-state index contributed by atoms with van der Waals surface area (Å²) in [5.74, 6) is 0. The molecule has 1 saturated heterocycles. The summed E-state index contributed by atoms with van der Waals surface area (Å²) < 4.78 is 6.00. The molecule has 3 rings (SSSR count). The molecule has 2 unspecified atom stereocenters. The van der Waals surface area contributed by atoms with Crippen molar-refractivity contribution in [1.29, 1.82) is 0 Å². The lowest BCUT2D eigenvalue weighted by Crippen LogP contribution is -2.44. The molecule has 0 aliphatic carbocycles. The number of rotatable bonds is 3. The standard InChI is InChI=1S/C18H21ClN2O.ClH/c1-13-12-22-18(16-7-2-3-8-17(16)19)11-21(13)10-14-5-4-6-15(20)9-14;/h2-9,13,18H,10-12,20H2,1H3;1H. The molecule has 2 aromatic rings. The number of morpholine rings is 1. The smallest absolute Gasteiger partial charge is 0.0967 e. The summed E-state index contributed by atoms with van der Waals surface area (Å²) in [7, 11) is 0. The van der Waals surface area contributed by atoms with E-state index in [1.54, 1.807) is 0 Å². The first kappa shape index (κ1) is 18.1. The number of anilines is 1. The predicted molar refractivity (Wildman–Crippen MR) is 98.1 cm³/mol. The summed E-state index contributed by atoms with van der Waals surface area (Å²) in [6.45, 7) is 4.60. The molecule has 23 heavy (non-hydrogen) atoms. The number of hydrogen-bond donors (Lipinski definition) is 1. The average molecular weight is 353 g/mol. The van der Waals surface area contributed by atoms with Crippen LogP contribution in [0.25, 0.3) is 0 Å². The van der Waals surface area contributed by atoms with Gasteiger partial charge in [-0.3, -0.25) is 4.90 Å². The van der Waals surface area contributed by atoms with Gasteiger partial charge in [-0.2, -0.15) is 0 Å². The minimum absolute atomic E-state index is 0. The molecule has 0 saturated carbocycles. The monoisotopic (exact) mass is 352 g/mol. The Balaban J connectivity index is 0.00000192. The van der Waals surface area contributed by atoms with Gasteiger partial charge in [-0.15, -0.1) is 12.4 Å². The van der Waals surface area contributed by atoms with E-state index in [0.717, 1.165) is 29.4 Å². The number of nitrogens with zero attached hydrogens (tertiary/aromatic N) is 1.